The van der Waals surface area contributed by atoms with Crippen molar-refractivity contribution in [1.29, 1.82) is 0 Å². The SMILES string of the molecule is CN1CC[C@](O)(c2ncc(-c3cccc(-c4cccc(C(N)=O)n4)c3)s2)C1=O. The van der Waals surface area contributed by atoms with Gasteiger partial charge in [-0.1, -0.05) is 24.3 Å². The van der Waals surface area contributed by atoms with Crippen LogP contribution >= 0.6 is 11.3 Å². The van der Waals surface area contributed by atoms with E-state index in [1.165, 1.54) is 16.2 Å². The molecule has 7 nitrogen and oxygen atoms in total. The molecular weight excluding hydrogens is 376 g/mol. The number of aliphatic hydroxyl groups is 1. The van der Waals surface area contributed by atoms with E-state index in [0.29, 0.717) is 23.7 Å². The van der Waals surface area contributed by atoms with Gasteiger partial charge in [0.25, 0.3) is 11.8 Å². The number of hydrogen-bond donors (Lipinski definition) is 2. The number of thiazole rings is 1. The second kappa shape index (κ2) is 6.81. The molecule has 0 unspecified atom stereocenters. The first kappa shape index (κ1) is 18.3. The third-order valence-electron chi connectivity index (χ3n) is 4.81. The van der Waals surface area contributed by atoms with Gasteiger partial charge in [0.05, 0.1) is 10.6 Å². The van der Waals surface area contributed by atoms with E-state index in [1.807, 2.05) is 24.3 Å². The van der Waals surface area contributed by atoms with Crippen LogP contribution in [0.5, 0.6) is 0 Å². The normalized spacial score (nSPS) is 19.2. The maximum Gasteiger partial charge on any atom is 0.267 e. The van der Waals surface area contributed by atoms with E-state index in [1.54, 1.807) is 31.4 Å². The number of benzene rings is 1. The van der Waals surface area contributed by atoms with Gasteiger partial charge in [0, 0.05) is 31.8 Å². The molecule has 3 aromatic rings. The number of carbonyl (C=O) groups is 2. The van der Waals surface area contributed by atoms with Gasteiger partial charge in [-0.25, -0.2) is 9.97 Å². The summed E-state index contributed by atoms with van der Waals surface area (Å²) in [5.74, 6) is -0.904. The van der Waals surface area contributed by atoms with Gasteiger partial charge in [-0.3, -0.25) is 9.59 Å². The van der Waals surface area contributed by atoms with E-state index in [-0.39, 0.29) is 11.6 Å². The molecule has 3 N–H and O–H groups in total. The number of carbonyl (C=O) groups excluding carboxylic acids is 2. The summed E-state index contributed by atoms with van der Waals surface area (Å²) in [6, 6.07) is 12.7. The Morgan fingerprint density at radius 2 is 2.00 bits per heavy atom. The first-order valence-electron chi connectivity index (χ1n) is 8.70. The molecule has 1 saturated heterocycles. The highest BCUT2D eigenvalue weighted by Gasteiger charge is 2.47. The molecule has 1 aromatic carbocycles. The summed E-state index contributed by atoms with van der Waals surface area (Å²) in [5.41, 5.74) is 6.31. The first-order valence-corrected chi connectivity index (χ1v) is 9.52. The summed E-state index contributed by atoms with van der Waals surface area (Å²) in [4.78, 5) is 34.6. The fourth-order valence-corrected chi connectivity index (χ4v) is 4.24. The van der Waals surface area contributed by atoms with Gasteiger partial charge in [-0.2, -0.15) is 0 Å². The van der Waals surface area contributed by atoms with E-state index in [2.05, 4.69) is 9.97 Å². The lowest BCUT2D eigenvalue weighted by atomic mass is 10.0. The van der Waals surface area contributed by atoms with E-state index >= 15 is 0 Å². The molecule has 0 radical (unpaired) electrons. The third kappa shape index (κ3) is 3.06. The van der Waals surface area contributed by atoms with Crippen LogP contribution in [0.3, 0.4) is 0 Å². The molecular formula is C20H18N4O3S. The minimum absolute atomic E-state index is 0.203. The summed E-state index contributed by atoms with van der Waals surface area (Å²) in [7, 11) is 1.67. The Labute approximate surface area is 165 Å². The van der Waals surface area contributed by atoms with E-state index in [4.69, 9.17) is 5.73 Å². The zero-order chi connectivity index (χ0) is 19.9. The Balaban J connectivity index is 1.68. The minimum atomic E-state index is -1.55. The largest absolute Gasteiger partial charge is 0.373 e. The number of amides is 2. The second-order valence-electron chi connectivity index (χ2n) is 6.72. The maximum absolute atomic E-state index is 12.3. The van der Waals surface area contributed by atoms with Crippen LogP contribution in [0, 0.1) is 0 Å². The Hall–Kier alpha value is -3.10. The number of pyridine rings is 1. The molecule has 2 amide bonds. The molecule has 0 aliphatic carbocycles. The average Bonchev–Trinajstić information content (AvgIpc) is 3.31. The van der Waals surface area contributed by atoms with E-state index < -0.39 is 11.5 Å². The summed E-state index contributed by atoms with van der Waals surface area (Å²) in [6.07, 6.45) is 2.00. The quantitative estimate of drug-likeness (QED) is 0.704. The van der Waals surface area contributed by atoms with Crippen LogP contribution in [0.15, 0.2) is 48.7 Å². The zero-order valence-corrected chi connectivity index (χ0v) is 15.9. The van der Waals surface area contributed by atoms with Gasteiger partial charge < -0.3 is 15.7 Å². The molecule has 2 aromatic heterocycles. The Morgan fingerprint density at radius 1 is 1.25 bits per heavy atom. The predicted molar refractivity (Wildman–Crippen MR) is 105 cm³/mol. The van der Waals surface area contributed by atoms with Crippen LogP contribution in [0.2, 0.25) is 0 Å². The topological polar surface area (TPSA) is 109 Å². The molecule has 28 heavy (non-hydrogen) atoms. The Morgan fingerprint density at radius 3 is 2.71 bits per heavy atom. The van der Waals surface area contributed by atoms with Gasteiger partial charge in [0.1, 0.15) is 10.7 Å². The number of likely N-dealkylation sites (N-methyl/N-ethyl adjacent to an activating group) is 1. The van der Waals surface area contributed by atoms with Crippen molar-refractivity contribution in [3.8, 4) is 21.7 Å². The van der Waals surface area contributed by atoms with Crippen LogP contribution in [0.25, 0.3) is 21.7 Å². The molecule has 0 bridgehead atoms. The van der Waals surface area contributed by atoms with E-state index in [0.717, 1.165) is 16.0 Å². The van der Waals surface area contributed by atoms with Gasteiger partial charge in [0.15, 0.2) is 5.60 Å². The highest BCUT2D eigenvalue weighted by Crippen LogP contribution is 2.38. The van der Waals surface area contributed by atoms with E-state index in [9.17, 15) is 14.7 Å². The molecule has 3 heterocycles. The van der Waals surface area contributed by atoms with Crippen molar-refractivity contribution in [2.24, 2.45) is 5.73 Å². The average molecular weight is 394 g/mol. The zero-order valence-electron chi connectivity index (χ0n) is 15.1. The van der Waals surface area contributed by atoms with Gasteiger partial charge in [0.2, 0.25) is 0 Å². The molecule has 0 spiro atoms. The predicted octanol–water partition coefficient (Wildman–Crippen LogP) is 2.02. The molecule has 4 rings (SSSR count). The summed E-state index contributed by atoms with van der Waals surface area (Å²) in [6.45, 7) is 0.502. The van der Waals surface area contributed by atoms with Crippen LogP contribution in [0.1, 0.15) is 21.9 Å². The lowest BCUT2D eigenvalue weighted by Crippen LogP contribution is -2.35. The van der Waals surface area contributed by atoms with Crippen LogP contribution in [0.4, 0.5) is 0 Å². The van der Waals surface area contributed by atoms with Gasteiger partial charge in [-0.15, -0.1) is 11.3 Å². The maximum atomic E-state index is 12.3. The minimum Gasteiger partial charge on any atom is -0.373 e. The van der Waals surface area contributed by atoms with Crippen molar-refractivity contribution in [3.63, 3.8) is 0 Å². The highest BCUT2D eigenvalue weighted by molar-refractivity contribution is 7.15. The van der Waals surface area contributed by atoms with Gasteiger partial charge >= 0.3 is 0 Å². The van der Waals surface area contributed by atoms with Crippen LogP contribution in [-0.2, 0) is 10.4 Å². The Kier molecular flexibility index (Phi) is 4.44. The summed E-state index contributed by atoms with van der Waals surface area (Å²) in [5, 5.41) is 11.2. The summed E-state index contributed by atoms with van der Waals surface area (Å²) < 4.78 is 0. The van der Waals surface area contributed by atoms with Gasteiger partial charge in [-0.05, 0) is 23.8 Å². The number of primary amides is 1. The van der Waals surface area contributed by atoms with Crippen molar-refractivity contribution in [2.75, 3.05) is 13.6 Å². The van der Waals surface area contributed by atoms with Crippen molar-refractivity contribution in [2.45, 2.75) is 12.0 Å². The van der Waals surface area contributed by atoms with Crippen LogP contribution in [-0.4, -0.2) is 45.4 Å². The highest BCUT2D eigenvalue weighted by atomic mass is 32.1. The van der Waals surface area contributed by atoms with Crippen molar-refractivity contribution >= 4 is 23.2 Å². The second-order valence-corrected chi connectivity index (χ2v) is 7.75. The third-order valence-corrected chi connectivity index (χ3v) is 6.01. The molecule has 142 valence electrons. The fraction of sp³-hybridized carbons (Fsp3) is 0.200. The number of hydrogen-bond acceptors (Lipinski definition) is 6. The fourth-order valence-electron chi connectivity index (χ4n) is 3.22. The molecule has 1 fully saturated rings. The Bertz CT molecular complexity index is 1080. The molecule has 1 aliphatic rings. The standard InChI is InChI=1S/C20H18N4O3S/c1-24-9-8-20(27,19(24)26)18-22-11-16(28-18)13-5-2-4-12(10-13)14-6-3-7-15(23-14)17(21)25/h2-7,10-11,27H,8-9H2,1H3,(H2,21,25)/t20-/m0/s1. The van der Waals surface area contributed by atoms with Crippen molar-refractivity contribution in [3.05, 3.63) is 59.4 Å². The van der Waals surface area contributed by atoms with Crippen molar-refractivity contribution in [1.82, 2.24) is 14.9 Å². The molecule has 1 aliphatic heterocycles. The summed E-state index contributed by atoms with van der Waals surface area (Å²) >= 11 is 1.30. The molecule has 8 heteroatoms. The number of rotatable bonds is 4. The monoisotopic (exact) mass is 394 g/mol. The lowest BCUT2D eigenvalue weighted by molar-refractivity contribution is -0.143. The van der Waals surface area contributed by atoms with Crippen molar-refractivity contribution < 1.29 is 14.7 Å². The number of likely N-dealkylation sites (tertiary alicyclic amines) is 1. The molecule has 1 atom stereocenters. The first-order chi connectivity index (χ1) is 13.4. The number of nitrogens with two attached hydrogens (primary N) is 1. The number of aromatic nitrogens is 2. The smallest absolute Gasteiger partial charge is 0.267 e. The van der Waals surface area contributed by atoms with Crippen LogP contribution < -0.4 is 5.73 Å². The lowest BCUT2D eigenvalue weighted by Gasteiger charge is -2.17. The number of nitrogens with zero attached hydrogens (tertiary/aromatic N) is 3. The molecule has 0 saturated carbocycles.